The number of hydrogen-bond acceptors (Lipinski definition) is 6. The topological polar surface area (TPSA) is 71.5 Å². The first-order valence-electron chi connectivity index (χ1n) is 7.63. The van der Waals surface area contributed by atoms with Crippen molar-refractivity contribution in [2.75, 3.05) is 30.9 Å². The van der Waals surface area contributed by atoms with Gasteiger partial charge in [0.1, 0.15) is 0 Å². The Labute approximate surface area is 149 Å². The average molecular weight is 355 g/mol. The van der Waals surface area contributed by atoms with Gasteiger partial charge in [0.2, 0.25) is 0 Å². The predicted molar refractivity (Wildman–Crippen MR) is 99.3 cm³/mol. The number of anilines is 2. The van der Waals surface area contributed by atoms with Crippen LogP contribution in [0.2, 0.25) is 0 Å². The maximum atomic E-state index is 12.1. The van der Waals surface area contributed by atoms with E-state index in [4.69, 9.17) is 4.74 Å². The third-order valence-corrected chi connectivity index (χ3v) is 4.42. The van der Waals surface area contributed by atoms with Gasteiger partial charge in [0.25, 0.3) is 5.91 Å². The maximum absolute atomic E-state index is 12.1. The summed E-state index contributed by atoms with van der Waals surface area (Å²) in [7, 11) is 3.77. The lowest BCUT2D eigenvalue weighted by Gasteiger charge is -2.13. The Balaban J connectivity index is 1.58. The van der Waals surface area contributed by atoms with E-state index in [-0.39, 0.29) is 6.61 Å². The number of carbonyl (C=O) groups is 2. The molecule has 0 aliphatic carbocycles. The lowest BCUT2D eigenvalue weighted by Crippen LogP contribution is -2.21. The van der Waals surface area contributed by atoms with Crippen LogP contribution in [0.3, 0.4) is 0 Å². The number of nitrogens with zero attached hydrogens (tertiary/aromatic N) is 2. The van der Waals surface area contributed by atoms with E-state index in [9.17, 15) is 9.59 Å². The first-order valence-corrected chi connectivity index (χ1v) is 8.44. The van der Waals surface area contributed by atoms with Crippen LogP contribution in [-0.4, -0.2) is 37.6 Å². The molecule has 0 unspecified atom stereocenters. The number of aromatic nitrogens is 1. The number of ether oxygens (including phenoxy) is 1. The first kappa shape index (κ1) is 16.9. The van der Waals surface area contributed by atoms with Gasteiger partial charge in [0, 0.05) is 19.8 Å². The van der Waals surface area contributed by atoms with Gasteiger partial charge in [-0.05, 0) is 30.3 Å². The number of thiazole rings is 1. The van der Waals surface area contributed by atoms with Gasteiger partial charge in [-0.1, -0.05) is 29.5 Å². The van der Waals surface area contributed by atoms with E-state index in [2.05, 4.69) is 10.3 Å². The molecule has 0 radical (unpaired) electrons. The number of nitrogens with one attached hydrogen (secondary N) is 1. The zero-order chi connectivity index (χ0) is 17.8. The van der Waals surface area contributed by atoms with Crippen LogP contribution >= 0.6 is 11.3 Å². The number of rotatable bonds is 5. The van der Waals surface area contributed by atoms with Crippen molar-refractivity contribution in [2.45, 2.75) is 0 Å². The number of esters is 1. The highest BCUT2D eigenvalue weighted by Crippen LogP contribution is 2.25. The van der Waals surface area contributed by atoms with Gasteiger partial charge in [-0.3, -0.25) is 10.1 Å². The molecule has 1 N–H and O–H groups in total. The van der Waals surface area contributed by atoms with E-state index in [1.807, 2.05) is 49.3 Å². The molecule has 2 aromatic carbocycles. The van der Waals surface area contributed by atoms with E-state index >= 15 is 0 Å². The molecule has 1 heterocycles. The summed E-state index contributed by atoms with van der Waals surface area (Å²) in [6, 6.07) is 14.6. The minimum atomic E-state index is -0.539. The van der Waals surface area contributed by atoms with E-state index in [1.54, 1.807) is 18.2 Å². The number of para-hydroxylation sites is 1. The lowest BCUT2D eigenvalue weighted by atomic mass is 10.2. The van der Waals surface area contributed by atoms with Crippen molar-refractivity contribution in [3.05, 3.63) is 54.1 Å². The van der Waals surface area contributed by atoms with Crippen LogP contribution in [0, 0.1) is 0 Å². The average Bonchev–Trinajstić information content (AvgIpc) is 3.01. The van der Waals surface area contributed by atoms with Crippen LogP contribution in [0.5, 0.6) is 0 Å². The molecule has 0 saturated carbocycles. The maximum Gasteiger partial charge on any atom is 0.338 e. The van der Waals surface area contributed by atoms with Crippen LogP contribution in [0.25, 0.3) is 10.2 Å². The highest BCUT2D eigenvalue weighted by Gasteiger charge is 2.13. The molecule has 0 aliphatic heterocycles. The molecule has 3 rings (SSSR count). The molecule has 6 nitrogen and oxygen atoms in total. The molecule has 0 spiro atoms. The number of amides is 1. The van der Waals surface area contributed by atoms with E-state index < -0.39 is 11.9 Å². The number of benzene rings is 2. The molecule has 128 valence electrons. The van der Waals surface area contributed by atoms with E-state index in [1.165, 1.54) is 11.3 Å². The second-order valence-corrected chi connectivity index (χ2v) is 6.59. The minimum absolute atomic E-state index is 0.360. The molecule has 0 fully saturated rings. The SMILES string of the molecule is CN(C)c1cccc(C(=O)OCC(=O)Nc2nc3ccccc3s2)c1. The summed E-state index contributed by atoms with van der Waals surface area (Å²) in [5.41, 5.74) is 2.10. The summed E-state index contributed by atoms with van der Waals surface area (Å²) < 4.78 is 6.06. The van der Waals surface area contributed by atoms with Crippen molar-refractivity contribution in [2.24, 2.45) is 0 Å². The molecule has 0 atom stereocenters. The molecule has 7 heteroatoms. The first-order chi connectivity index (χ1) is 12.0. The van der Waals surface area contributed by atoms with Crippen LogP contribution in [-0.2, 0) is 9.53 Å². The van der Waals surface area contributed by atoms with E-state index in [0.717, 1.165) is 15.9 Å². The van der Waals surface area contributed by atoms with Crippen LogP contribution in [0.4, 0.5) is 10.8 Å². The molecule has 0 bridgehead atoms. The Hall–Kier alpha value is -2.93. The van der Waals surface area contributed by atoms with Gasteiger partial charge in [-0.2, -0.15) is 0 Å². The summed E-state index contributed by atoms with van der Waals surface area (Å²) in [5, 5.41) is 3.13. The second-order valence-electron chi connectivity index (χ2n) is 5.56. The quantitative estimate of drug-likeness (QED) is 0.712. The van der Waals surface area contributed by atoms with Crippen molar-refractivity contribution >= 4 is 44.2 Å². The fraction of sp³-hybridized carbons (Fsp3) is 0.167. The highest BCUT2D eigenvalue weighted by atomic mass is 32.1. The minimum Gasteiger partial charge on any atom is -0.452 e. The van der Waals surface area contributed by atoms with Gasteiger partial charge >= 0.3 is 5.97 Å². The van der Waals surface area contributed by atoms with Crippen LogP contribution < -0.4 is 10.2 Å². The zero-order valence-electron chi connectivity index (χ0n) is 13.9. The van der Waals surface area contributed by atoms with Crippen molar-refractivity contribution in [3.63, 3.8) is 0 Å². The molecule has 1 amide bonds. The summed E-state index contributed by atoms with van der Waals surface area (Å²) in [6.45, 7) is -0.360. The Kier molecular flexibility index (Phi) is 4.95. The Morgan fingerprint density at radius 2 is 1.96 bits per heavy atom. The van der Waals surface area contributed by atoms with E-state index in [0.29, 0.717) is 10.7 Å². The predicted octanol–water partition coefficient (Wildman–Crippen LogP) is 3.16. The third-order valence-electron chi connectivity index (χ3n) is 3.47. The molecule has 25 heavy (non-hydrogen) atoms. The molecule has 3 aromatic rings. The van der Waals surface area contributed by atoms with Gasteiger partial charge in [-0.15, -0.1) is 0 Å². The molecular formula is C18H17N3O3S. The monoisotopic (exact) mass is 355 g/mol. The molecule has 0 aliphatic rings. The van der Waals surface area contributed by atoms with Crippen molar-refractivity contribution in [1.82, 2.24) is 4.98 Å². The standard InChI is InChI=1S/C18H17N3O3S/c1-21(2)13-7-5-6-12(10-13)17(23)24-11-16(22)20-18-19-14-8-3-4-9-15(14)25-18/h3-10H,11H2,1-2H3,(H,19,20,22). The molecule has 1 aromatic heterocycles. The fourth-order valence-electron chi connectivity index (χ4n) is 2.21. The smallest absolute Gasteiger partial charge is 0.338 e. The Morgan fingerprint density at radius 1 is 1.16 bits per heavy atom. The zero-order valence-corrected chi connectivity index (χ0v) is 14.7. The summed E-state index contributed by atoms with van der Waals surface area (Å²) in [5.74, 6) is -0.959. The fourth-order valence-corrected chi connectivity index (χ4v) is 3.09. The Bertz CT molecular complexity index is 888. The third kappa shape index (κ3) is 4.13. The van der Waals surface area contributed by atoms with Crippen molar-refractivity contribution in [1.29, 1.82) is 0 Å². The number of hydrogen-bond donors (Lipinski definition) is 1. The van der Waals surface area contributed by atoms with Crippen LogP contribution in [0.1, 0.15) is 10.4 Å². The summed E-state index contributed by atoms with van der Waals surface area (Å²) in [4.78, 5) is 30.2. The lowest BCUT2D eigenvalue weighted by molar-refractivity contribution is -0.119. The van der Waals surface area contributed by atoms with Gasteiger partial charge in [0.05, 0.1) is 15.8 Å². The summed E-state index contributed by atoms with van der Waals surface area (Å²) >= 11 is 1.37. The largest absolute Gasteiger partial charge is 0.452 e. The van der Waals surface area contributed by atoms with Gasteiger partial charge in [0.15, 0.2) is 11.7 Å². The Morgan fingerprint density at radius 3 is 2.72 bits per heavy atom. The number of fused-ring (bicyclic) bond motifs is 1. The second kappa shape index (κ2) is 7.31. The van der Waals surface area contributed by atoms with Gasteiger partial charge in [-0.25, -0.2) is 9.78 Å². The molecular weight excluding hydrogens is 338 g/mol. The molecule has 0 saturated heterocycles. The van der Waals surface area contributed by atoms with Crippen molar-refractivity contribution < 1.29 is 14.3 Å². The normalized spacial score (nSPS) is 10.5. The highest BCUT2D eigenvalue weighted by molar-refractivity contribution is 7.22. The van der Waals surface area contributed by atoms with Gasteiger partial charge < -0.3 is 9.64 Å². The van der Waals surface area contributed by atoms with Crippen LogP contribution in [0.15, 0.2) is 48.5 Å². The van der Waals surface area contributed by atoms with Crippen molar-refractivity contribution in [3.8, 4) is 0 Å². The number of carbonyl (C=O) groups excluding carboxylic acids is 2. The summed E-state index contributed by atoms with van der Waals surface area (Å²) in [6.07, 6.45) is 0.